The summed E-state index contributed by atoms with van der Waals surface area (Å²) in [7, 11) is 0. The number of rotatable bonds is 5. The first-order valence-electron chi connectivity index (χ1n) is 9.24. The molecular formula is C21H29NO4. The molecule has 0 atom stereocenters. The maximum atomic E-state index is 12.2. The highest BCUT2D eigenvalue weighted by molar-refractivity contribution is 5.97. The Morgan fingerprint density at radius 2 is 1.77 bits per heavy atom. The molecule has 0 aromatic heterocycles. The molecule has 0 spiro atoms. The van der Waals surface area contributed by atoms with Crippen LogP contribution in [-0.2, 0) is 14.3 Å². The number of Topliss-reactive ketones (excluding diaryl/α,β-unsaturated/α-hetero) is 1. The monoisotopic (exact) mass is 359 g/mol. The van der Waals surface area contributed by atoms with E-state index in [1.807, 2.05) is 0 Å². The van der Waals surface area contributed by atoms with Gasteiger partial charge in [0, 0.05) is 11.3 Å². The maximum Gasteiger partial charge on any atom is 0.309 e. The van der Waals surface area contributed by atoms with Crippen molar-refractivity contribution in [2.45, 2.75) is 53.4 Å². The first-order chi connectivity index (χ1) is 12.2. The van der Waals surface area contributed by atoms with Crippen LogP contribution in [0, 0.1) is 17.3 Å². The molecule has 1 N–H and O–H groups in total. The molecule has 2 rings (SSSR count). The normalized spacial score (nSPS) is 20.3. The Kier molecular flexibility index (Phi) is 6.57. The Bertz CT molecular complexity index is 667. The van der Waals surface area contributed by atoms with E-state index in [4.69, 9.17) is 4.74 Å². The lowest BCUT2D eigenvalue weighted by atomic mass is 9.70. The fourth-order valence-corrected chi connectivity index (χ4v) is 3.46. The molecular weight excluding hydrogens is 330 g/mol. The van der Waals surface area contributed by atoms with Crippen LogP contribution in [0.5, 0.6) is 0 Å². The van der Waals surface area contributed by atoms with Crippen LogP contribution in [0.25, 0.3) is 0 Å². The van der Waals surface area contributed by atoms with Crippen LogP contribution < -0.4 is 5.32 Å². The Labute approximate surface area is 155 Å². The number of anilines is 1. The van der Waals surface area contributed by atoms with Gasteiger partial charge in [0.1, 0.15) is 0 Å². The minimum absolute atomic E-state index is 0.0709. The van der Waals surface area contributed by atoms with Gasteiger partial charge in [-0.1, -0.05) is 32.9 Å². The first-order valence-corrected chi connectivity index (χ1v) is 9.24. The van der Waals surface area contributed by atoms with E-state index >= 15 is 0 Å². The molecule has 142 valence electrons. The third-order valence-corrected chi connectivity index (χ3v) is 5.18. The smallest absolute Gasteiger partial charge is 0.309 e. The largest absolute Gasteiger partial charge is 0.455 e. The number of ether oxygens (including phenoxy) is 1. The summed E-state index contributed by atoms with van der Waals surface area (Å²) in [4.78, 5) is 35.6. The van der Waals surface area contributed by atoms with E-state index in [-0.39, 0.29) is 29.7 Å². The van der Waals surface area contributed by atoms with Gasteiger partial charge in [-0.15, -0.1) is 0 Å². The van der Waals surface area contributed by atoms with Gasteiger partial charge in [0.2, 0.25) is 0 Å². The summed E-state index contributed by atoms with van der Waals surface area (Å²) in [6.45, 7) is 7.88. The average Bonchev–Trinajstić information content (AvgIpc) is 2.59. The second-order valence-corrected chi connectivity index (χ2v) is 8.21. The Morgan fingerprint density at radius 1 is 1.12 bits per heavy atom. The number of carbonyl (C=O) groups is 3. The summed E-state index contributed by atoms with van der Waals surface area (Å²) in [5.74, 6) is -0.239. The maximum absolute atomic E-state index is 12.2. The summed E-state index contributed by atoms with van der Waals surface area (Å²) < 4.78 is 5.20. The van der Waals surface area contributed by atoms with Crippen LogP contribution in [0.15, 0.2) is 24.3 Å². The molecule has 1 aliphatic rings. The summed E-state index contributed by atoms with van der Waals surface area (Å²) in [5, 5.41) is 2.65. The van der Waals surface area contributed by atoms with Gasteiger partial charge in [-0.05, 0) is 56.1 Å². The third kappa shape index (κ3) is 5.68. The van der Waals surface area contributed by atoms with Crippen LogP contribution >= 0.6 is 0 Å². The predicted molar refractivity (Wildman–Crippen MR) is 101 cm³/mol. The second kappa shape index (κ2) is 8.47. The minimum Gasteiger partial charge on any atom is -0.455 e. The standard InChI is InChI=1S/C21H29NO4/c1-14(23)16-6-5-7-18(12-16)22-19(24)13-26-20(25)15-8-10-17(11-9-15)21(2,3)4/h5-7,12,15,17H,8-11,13H2,1-4H3,(H,22,24). The Morgan fingerprint density at radius 3 is 2.35 bits per heavy atom. The quantitative estimate of drug-likeness (QED) is 0.631. The summed E-state index contributed by atoms with van der Waals surface area (Å²) in [6.07, 6.45) is 3.69. The highest BCUT2D eigenvalue weighted by Gasteiger charge is 2.33. The lowest BCUT2D eigenvalue weighted by molar-refractivity contribution is -0.153. The number of nitrogens with one attached hydrogen (secondary N) is 1. The lowest BCUT2D eigenvalue weighted by Gasteiger charge is -2.36. The van der Waals surface area contributed by atoms with Crippen molar-refractivity contribution in [2.24, 2.45) is 17.3 Å². The average molecular weight is 359 g/mol. The van der Waals surface area contributed by atoms with Gasteiger partial charge in [0.05, 0.1) is 5.92 Å². The van der Waals surface area contributed by atoms with Crippen molar-refractivity contribution in [1.29, 1.82) is 0 Å². The third-order valence-electron chi connectivity index (χ3n) is 5.18. The van der Waals surface area contributed by atoms with E-state index in [0.29, 0.717) is 17.2 Å². The predicted octanol–water partition coefficient (Wildman–Crippen LogP) is 4.22. The number of ketones is 1. The number of hydrogen-bond acceptors (Lipinski definition) is 4. The Balaban J connectivity index is 1.78. The van der Waals surface area contributed by atoms with E-state index in [0.717, 1.165) is 25.7 Å². The number of amides is 1. The molecule has 1 aromatic rings. The van der Waals surface area contributed by atoms with Crippen molar-refractivity contribution >= 4 is 23.3 Å². The fraction of sp³-hybridized carbons (Fsp3) is 0.571. The van der Waals surface area contributed by atoms with E-state index in [9.17, 15) is 14.4 Å². The molecule has 1 saturated carbocycles. The summed E-state index contributed by atoms with van der Waals surface area (Å²) in [6, 6.07) is 6.69. The van der Waals surface area contributed by atoms with Gasteiger partial charge in [-0.2, -0.15) is 0 Å². The molecule has 0 radical (unpaired) electrons. The molecule has 0 aliphatic heterocycles. The van der Waals surface area contributed by atoms with Crippen molar-refractivity contribution in [3.8, 4) is 0 Å². The van der Waals surface area contributed by atoms with E-state index in [1.54, 1.807) is 24.3 Å². The second-order valence-electron chi connectivity index (χ2n) is 8.21. The summed E-state index contributed by atoms with van der Waals surface area (Å²) in [5.41, 5.74) is 1.31. The number of benzene rings is 1. The van der Waals surface area contributed by atoms with Gasteiger partial charge in [-0.25, -0.2) is 0 Å². The molecule has 5 heteroatoms. The van der Waals surface area contributed by atoms with Crippen molar-refractivity contribution < 1.29 is 19.1 Å². The fourth-order valence-electron chi connectivity index (χ4n) is 3.46. The zero-order valence-corrected chi connectivity index (χ0v) is 16.1. The number of hydrogen-bond donors (Lipinski definition) is 1. The molecule has 0 heterocycles. The van der Waals surface area contributed by atoms with Gasteiger partial charge < -0.3 is 10.1 Å². The van der Waals surface area contributed by atoms with Crippen LogP contribution in [-0.4, -0.2) is 24.3 Å². The zero-order chi connectivity index (χ0) is 19.3. The van der Waals surface area contributed by atoms with Crippen LogP contribution in [0.3, 0.4) is 0 Å². The first kappa shape index (κ1) is 20.1. The number of carbonyl (C=O) groups excluding carboxylic acids is 3. The zero-order valence-electron chi connectivity index (χ0n) is 16.1. The Hall–Kier alpha value is -2.17. The molecule has 0 unspecified atom stereocenters. The van der Waals surface area contributed by atoms with Crippen LogP contribution in [0.4, 0.5) is 5.69 Å². The van der Waals surface area contributed by atoms with E-state index < -0.39 is 5.91 Å². The van der Waals surface area contributed by atoms with Crippen molar-refractivity contribution in [3.63, 3.8) is 0 Å². The van der Waals surface area contributed by atoms with Crippen LogP contribution in [0.1, 0.15) is 63.7 Å². The van der Waals surface area contributed by atoms with Gasteiger partial charge in [0.25, 0.3) is 5.91 Å². The molecule has 1 fully saturated rings. The molecule has 1 aromatic carbocycles. The van der Waals surface area contributed by atoms with Crippen molar-refractivity contribution in [3.05, 3.63) is 29.8 Å². The molecule has 1 aliphatic carbocycles. The van der Waals surface area contributed by atoms with E-state index in [1.165, 1.54) is 6.92 Å². The van der Waals surface area contributed by atoms with Crippen molar-refractivity contribution in [2.75, 3.05) is 11.9 Å². The molecule has 5 nitrogen and oxygen atoms in total. The summed E-state index contributed by atoms with van der Waals surface area (Å²) >= 11 is 0. The van der Waals surface area contributed by atoms with Gasteiger partial charge >= 0.3 is 5.97 Å². The topological polar surface area (TPSA) is 72.5 Å². The molecule has 0 bridgehead atoms. The highest BCUT2D eigenvalue weighted by Crippen LogP contribution is 2.40. The highest BCUT2D eigenvalue weighted by atomic mass is 16.5. The van der Waals surface area contributed by atoms with E-state index in [2.05, 4.69) is 26.1 Å². The SMILES string of the molecule is CC(=O)c1cccc(NC(=O)COC(=O)C2CCC(C(C)(C)C)CC2)c1. The number of esters is 1. The molecule has 1 amide bonds. The molecule has 0 saturated heterocycles. The molecule has 26 heavy (non-hydrogen) atoms. The minimum atomic E-state index is -0.401. The van der Waals surface area contributed by atoms with Crippen LogP contribution in [0.2, 0.25) is 0 Å². The lowest BCUT2D eigenvalue weighted by Crippen LogP contribution is -2.31. The van der Waals surface area contributed by atoms with Gasteiger partial charge in [0.15, 0.2) is 12.4 Å². The van der Waals surface area contributed by atoms with Crippen molar-refractivity contribution in [1.82, 2.24) is 0 Å². The van der Waals surface area contributed by atoms with Gasteiger partial charge in [-0.3, -0.25) is 14.4 Å².